The first kappa shape index (κ1) is 13.4. The summed E-state index contributed by atoms with van der Waals surface area (Å²) in [6, 6.07) is 3.78. The minimum Gasteiger partial charge on any atom is -0.396 e. The van der Waals surface area contributed by atoms with Crippen molar-refractivity contribution in [2.75, 3.05) is 12.3 Å². The summed E-state index contributed by atoms with van der Waals surface area (Å²) in [5.74, 6) is -0.933. The molecule has 1 aromatic rings. The number of nitrogens with one attached hydrogen (secondary N) is 1. The molecule has 1 unspecified atom stereocenters. The maximum Gasteiger partial charge on any atom is 0.251 e. The van der Waals surface area contributed by atoms with Crippen molar-refractivity contribution in [3.05, 3.63) is 29.6 Å². The van der Waals surface area contributed by atoms with Crippen LogP contribution in [0, 0.1) is 5.82 Å². The zero-order chi connectivity index (χ0) is 13.1. The Balaban J connectivity index is 2.86. The number of benzene rings is 1. The van der Waals surface area contributed by atoms with Crippen molar-refractivity contribution in [2.24, 2.45) is 0 Å². The van der Waals surface area contributed by atoms with Crippen molar-refractivity contribution >= 4 is 11.6 Å². The Morgan fingerprint density at radius 1 is 1.59 bits per heavy atom. The molecule has 0 radical (unpaired) electrons. The van der Waals surface area contributed by atoms with Crippen LogP contribution < -0.4 is 11.1 Å². The summed E-state index contributed by atoms with van der Waals surface area (Å²) in [5, 5.41) is 11.9. The van der Waals surface area contributed by atoms with Crippen LogP contribution in [0.2, 0.25) is 0 Å². The maximum absolute atomic E-state index is 12.9. The number of nitrogens with two attached hydrogens (primary N) is 1. The molecule has 0 fully saturated rings. The molecule has 0 aliphatic carbocycles. The minimum absolute atomic E-state index is 0.0696. The first-order valence-corrected chi connectivity index (χ1v) is 5.40. The number of carbonyl (C=O) groups is 1. The molecule has 0 aliphatic heterocycles. The van der Waals surface area contributed by atoms with Gasteiger partial charge in [-0.2, -0.15) is 0 Å². The lowest BCUT2D eigenvalue weighted by Crippen LogP contribution is -2.48. The van der Waals surface area contributed by atoms with Gasteiger partial charge in [-0.05, 0) is 31.5 Å². The number of hydrogen-bond acceptors (Lipinski definition) is 3. The second-order valence-electron chi connectivity index (χ2n) is 4.26. The molecule has 0 aliphatic rings. The van der Waals surface area contributed by atoms with Crippen LogP contribution in [0.4, 0.5) is 10.1 Å². The maximum atomic E-state index is 12.9. The monoisotopic (exact) mass is 240 g/mol. The first-order chi connectivity index (χ1) is 7.91. The van der Waals surface area contributed by atoms with Crippen LogP contribution in [0.1, 0.15) is 30.6 Å². The summed E-state index contributed by atoms with van der Waals surface area (Å²) in [6.45, 7) is 3.43. The fourth-order valence-corrected chi connectivity index (χ4v) is 1.27. The van der Waals surface area contributed by atoms with Crippen molar-refractivity contribution in [1.82, 2.24) is 5.32 Å². The predicted molar refractivity (Wildman–Crippen MR) is 64.1 cm³/mol. The van der Waals surface area contributed by atoms with Crippen LogP contribution in [0.5, 0.6) is 0 Å². The summed E-state index contributed by atoms with van der Waals surface area (Å²) in [6.07, 6.45) is 0.589. The van der Waals surface area contributed by atoms with Crippen molar-refractivity contribution < 1.29 is 14.3 Å². The Labute approximate surface area is 99.6 Å². The van der Waals surface area contributed by atoms with E-state index >= 15 is 0 Å². The highest BCUT2D eigenvalue weighted by atomic mass is 19.1. The van der Waals surface area contributed by atoms with Gasteiger partial charge >= 0.3 is 0 Å². The number of carbonyl (C=O) groups excluding carboxylic acids is 1. The van der Waals surface area contributed by atoms with Gasteiger partial charge in [0.2, 0.25) is 0 Å². The van der Waals surface area contributed by atoms with Gasteiger partial charge in [0.25, 0.3) is 5.91 Å². The van der Waals surface area contributed by atoms with Gasteiger partial charge in [0, 0.05) is 5.56 Å². The van der Waals surface area contributed by atoms with Gasteiger partial charge in [0.05, 0.1) is 17.8 Å². The van der Waals surface area contributed by atoms with E-state index in [4.69, 9.17) is 5.73 Å². The van der Waals surface area contributed by atoms with E-state index < -0.39 is 11.4 Å². The molecule has 1 aromatic carbocycles. The third-order valence-corrected chi connectivity index (χ3v) is 2.80. The van der Waals surface area contributed by atoms with Gasteiger partial charge in [0.1, 0.15) is 5.82 Å². The summed E-state index contributed by atoms with van der Waals surface area (Å²) in [4.78, 5) is 11.8. The van der Waals surface area contributed by atoms with Crippen LogP contribution in [0.3, 0.4) is 0 Å². The van der Waals surface area contributed by atoms with Gasteiger partial charge < -0.3 is 16.2 Å². The fraction of sp³-hybridized carbons (Fsp3) is 0.417. The minimum atomic E-state index is -0.680. The summed E-state index contributed by atoms with van der Waals surface area (Å²) in [5.41, 5.74) is 4.91. The topological polar surface area (TPSA) is 75.3 Å². The molecule has 1 atom stereocenters. The average Bonchev–Trinajstić information content (AvgIpc) is 2.32. The number of amides is 1. The van der Waals surface area contributed by atoms with Crippen molar-refractivity contribution in [3.63, 3.8) is 0 Å². The third kappa shape index (κ3) is 3.17. The quantitative estimate of drug-likeness (QED) is 0.694. The van der Waals surface area contributed by atoms with Crippen LogP contribution in [0.25, 0.3) is 0 Å². The summed E-state index contributed by atoms with van der Waals surface area (Å²) < 4.78 is 12.9. The number of halogens is 1. The molecule has 4 nitrogen and oxygen atoms in total. The molecule has 0 saturated carbocycles. The molecule has 1 rings (SSSR count). The van der Waals surface area contributed by atoms with E-state index in [1.54, 1.807) is 6.92 Å². The highest BCUT2D eigenvalue weighted by Gasteiger charge is 2.23. The number of nitrogen functional groups attached to an aromatic ring is 1. The number of hydrogen-bond donors (Lipinski definition) is 3. The molecule has 0 bridgehead atoms. The largest absolute Gasteiger partial charge is 0.396 e. The number of anilines is 1. The molecule has 4 N–H and O–H groups in total. The lowest BCUT2D eigenvalue weighted by atomic mass is 9.99. The Hall–Kier alpha value is -1.62. The second kappa shape index (κ2) is 5.14. The predicted octanol–water partition coefficient (Wildman–Crippen LogP) is 1.30. The van der Waals surface area contributed by atoms with Crippen LogP contribution in [-0.4, -0.2) is 23.2 Å². The molecule has 1 amide bonds. The van der Waals surface area contributed by atoms with Gasteiger partial charge in [-0.1, -0.05) is 6.92 Å². The van der Waals surface area contributed by atoms with Gasteiger partial charge in [-0.3, -0.25) is 4.79 Å². The van der Waals surface area contributed by atoms with E-state index in [2.05, 4.69) is 5.32 Å². The van der Waals surface area contributed by atoms with E-state index in [-0.39, 0.29) is 23.8 Å². The van der Waals surface area contributed by atoms with E-state index in [1.807, 2.05) is 6.92 Å². The van der Waals surface area contributed by atoms with Crippen LogP contribution in [0.15, 0.2) is 18.2 Å². The van der Waals surface area contributed by atoms with Crippen molar-refractivity contribution in [3.8, 4) is 0 Å². The lowest BCUT2D eigenvalue weighted by molar-refractivity contribution is 0.0847. The molecule has 0 aromatic heterocycles. The molecule has 5 heteroatoms. The zero-order valence-electron chi connectivity index (χ0n) is 9.96. The van der Waals surface area contributed by atoms with Gasteiger partial charge in [-0.25, -0.2) is 4.39 Å². The Kier molecular flexibility index (Phi) is 4.07. The summed E-state index contributed by atoms with van der Waals surface area (Å²) in [7, 11) is 0. The van der Waals surface area contributed by atoms with Crippen LogP contribution >= 0.6 is 0 Å². The molecule has 94 valence electrons. The average molecular weight is 240 g/mol. The fourth-order valence-electron chi connectivity index (χ4n) is 1.27. The van der Waals surface area contributed by atoms with Gasteiger partial charge in [-0.15, -0.1) is 0 Å². The van der Waals surface area contributed by atoms with Gasteiger partial charge in [0.15, 0.2) is 0 Å². The lowest BCUT2D eigenvalue weighted by Gasteiger charge is -2.27. The molecular formula is C12H17FN2O2. The van der Waals surface area contributed by atoms with Crippen molar-refractivity contribution in [2.45, 2.75) is 25.8 Å². The van der Waals surface area contributed by atoms with Crippen molar-refractivity contribution in [1.29, 1.82) is 0 Å². The highest BCUT2D eigenvalue weighted by molar-refractivity contribution is 5.95. The van der Waals surface area contributed by atoms with E-state index in [9.17, 15) is 14.3 Å². The number of aliphatic hydroxyl groups is 1. The molecule has 0 saturated heterocycles. The Morgan fingerprint density at radius 3 is 2.71 bits per heavy atom. The number of aliphatic hydroxyl groups excluding tert-OH is 1. The van der Waals surface area contributed by atoms with E-state index in [1.165, 1.54) is 12.1 Å². The molecule has 17 heavy (non-hydrogen) atoms. The standard InChI is InChI=1S/C12H17FN2O2/c1-3-12(2,7-16)15-11(17)8-4-5-9(13)10(14)6-8/h4-6,16H,3,7,14H2,1-2H3,(H,15,17). The zero-order valence-corrected chi connectivity index (χ0v) is 9.96. The Morgan fingerprint density at radius 2 is 2.24 bits per heavy atom. The number of rotatable bonds is 4. The van der Waals surface area contributed by atoms with E-state index in [0.717, 1.165) is 6.07 Å². The normalized spacial score (nSPS) is 14.1. The third-order valence-electron chi connectivity index (χ3n) is 2.80. The SMILES string of the molecule is CCC(C)(CO)NC(=O)c1ccc(F)c(N)c1. The second-order valence-corrected chi connectivity index (χ2v) is 4.26. The molecule has 0 spiro atoms. The molecule has 0 heterocycles. The van der Waals surface area contributed by atoms with Crippen LogP contribution in [-0.2, 0) is 0 Å². The molecular weight excluding hydrogens is 223 g/mol. The summed E-state index contributed by atoms with van der Waals surface area (Å²) >= 11 is 0. The smallest absolute Gasteiger partial charge is 0.251 e. The van der Waals surface area contributed by atoms with E-state index in [0.29, 0.717) is 6.42 Å². The Bertz CT molecular complexity index is 417. The first-order valence-electron chi connectivity index (χ1n) is 5.40. The highest BCUT2D eigenvalue weighted by Crippen LogP contribution is 2.14.